The van der Waals surface area contributed by atoms with Crippen molar-refractivity contribution < 1.29 is 23.9 Å². The zero-order valence-corrected chi connectivity index (χ0v) is 15.8. The third-order valence-electron chi connectivity index (χ3n) is 4.49. The first-order chi connectivity index (χ1) is 14.0. The molecule has 29 heavy (non-hydrogen) atoms. The second-order valence-corrected chi connectivity index (χ2v) is 6.53. The Kier molecular flexibility index (Phi) is 6.99. The molecule has 0 aromatic heterocycles. The lowest BCUT2D eigenvalue weighted by Crippen LogP contribution is -2.25. The molecule has 0 radical (unpaired) electrons. The number of ether oxygens (including phenoxy) is 3. The van der Waals surface area contributed by atoms with Gasteiger partial charge >= 0.3 is 0 Å². The first kappa shape index (κ1) is 20.6. The Bertz CT molecular complexity index is 850. The van der Waals surface area contributed by atoms with Crippen molar-refractivity contribution in [3.63, 3.8) is 0 Å². The van der Waals surface area contributed by atoms with Crippen molar-refractivity contribution in [3.8, 4) is 5.75 Å². The molecule has 1 heterocycles. The minimum absolute atomic E-state index is 0.152. The van der Waals surface area contributed by atoms with Crippen LogP contribution in [0.4, 0.5) is 17.1 Å². The van der Waals surface area contributed by atoms with E-state index in [1.165, 1.54) is 18.2 Å². The maximum absolute atomic E-state index is 11.3. The molecule has 0 unspecified atom stereocenters. The van der Waals surface area contributed by atoms with Crippen molar-refractivity contribution in [2.45, 2.75) is 18.9 Å². The molecule has 3 rings (SSSR count). The van der Waals surface area contributed by atoms with Gasteiger partial charge in [0.05, 0.1) is 17.6 Å². The lowest BCUT2D eigenvalue weighted by atomic mass is 10.1. The summed E-state index contributed by atoms with van der Waals surface area (Å²) < 4.78 is 16.7. The predicted octanol–water partition coefficient (Wildman–Crippen LogP) is 3.01. The van der Waals surface area contributed by atoms with Crippen molar-refractivity contribution in [1.82, 2.24) is 0 Å². The highest BCUT2D eigenvalue weighted by Crippen LogP contribution is 2.29. The highest BCUT2D eigenvalue weighted by Gasteiger charge is 2.16. The molecule has 1 fully saturated rings. The molecule has 9 nitrogen and oxygen atoms in total. The Morgan fingerprint density at radius 3 is 2.55 bits per heavy atom. The van der Waals surface area contributed by atoms with Crippen molar-refractivity contribution >= 4 is 23.0 Å². The predicted molar refractivity (Wildman–Crippen MR) is 107 cm³/mol. The van der Waals surface area contributed by atoms with Crippen molar-refractivity contribution in [3.05, 3.63) is 58.1 Å². The number of nitrogens with two attached hydrogens (primary N) is 1. The maximum Gasteiger partial charge on any atom is 0.292 e. The summed E-state index contributed by atoms with van der Waals surface area (Å²) in [6, 6.07) is 10.9. The van der Waals surface area contributed by atoms with E-state index in [1.807, 2.05) is 0 Å². The Hall–Kier alpha value is -3.17. The molecule has 1 amide bonds. The monoisotopic (exact) mass is 401 g/mol. The zero-order valence-electron chi connectivity index (χ0n) is 15.8. The number of rotatable bonds is 9. The van der Waals surface area contributed by atoms with E-state index in [9.17, 15) is 14.9 Å². The van der Waals surface area contributed by atoms with Gasteiger partial charge in [0, 0.05) is 30.5 Å². The van der Waals surface area contributed by atoms with Gasteiger partial charge < -0.3 is 25.3 Å². The SMILES string of the molecule is NC(=O)c1ccc([N+](=O)[O-])c(Nc2ccc(OCCOC3CCOCC3)cc2)c1. The highest BCUT2D eigenvalue weighted by molar-refractivity contribution is 5.95. The van der Waals surface area contributed by atoms with Gasteiger partial charge in [-0.15, -0.1) is 0 Å². The summed E-state index contributed by atoms with van der Waals surface area (Å²) in [7, 11) is 0. The molecule has 0 aliphatic carbocycles. The fourth-order valence-corrected chi connectivity index (χ4v) is 2.96. The minimum Gasteiger partial charge on any atom is -0.491 e. The van der Waals surface area contributed by atoms with Crippen LogP contribution in [-0.4, -0.2) is 43.4 Å². The van der Waals surface area contributed by atoms with Crippen LogP contribution in [0.25, 0.3) is 0 Å². The number of hydrogen-bond acceptors (Lipinski definition) is 7. The fraction of sp³-hybridized carbons (Fsp3) is 0.350. The third-order valence-corrected chi connectivity index (χ3v) is 4.49. The zero-order chi connectivity index (χ0) is 20.6. The lowest BCUT2D eigenvalue weighted by molar-refractivity contribution is -0.383. The topological polar surface area (TPSA) is 126 Å². The number of anilines is 2. The van der Waals surface area contributed by atoms with E-state index in [4.69, 9.17) is 19.9 Å². The number of nitro groups is 1. The molecule has 154 valence electrons. The molecule has 1 aliphatic heterocycles. The smallest absolute Gasteiger partial charge is 0.292 e. The van der Waals surface area contributed by atoms with Crippen LogP contribution in [0.3, 0.4) is 0 Å². The van der Waals surface area contributed by atoms with Crippen molar-refractivity contribution in [2.75, 3.05) is 31.7 Å². The summed E-state index contributed by atoms with van der Waals surface area (Å²) in [5, 5.41) is 14.2. The Morgan fingerprint density at radius 2 is 1.90 bits per heavy atom. The maximum atomic E-state index is 11.3. The van der Waals surface area contributed by atoms with Gasteiger partial charge in [-0.1, -0.05) is 0 Å². The molecule has 3 N–H and O–H groups in total. The summed E-state index contributed by atoms with van der Waals surface area (Å²) in [6.45, 7) is 2.40. The average molecular weight is 401 g/mol. The molecule has 2 aromatic carbocycles. The number of benzene rings is 2. The molecule has 1 aliphatic rings. The van der Waals surface area contributed by atoms with E-state index >= 15 is 0 Å². The van der Waals surface area contributed by atoms with Gasteiger partial charge in [-0.05, 0) is 49.2 Å². The van der Waals surface area contributed by atoms with E-state index < -0.39 is 10.8 Å². The first-order valence-corrected chi connectivity index (χ1v) is 9.30. The standard InChI is InChI=1S/C20H23N3O6/c21-20(24)14-1-6-19(23(25)26)18(13-14)22-15-2-4-16(5-3-15)28-11-12-29-17-7-9-27-10-8-17/h1-6,13,17,22H,7-12H2,(H2,21,24). The number of amides is 1. The van der Waals surface area contributed by atoms with Crippen LogP contribution in [-0.2, 0) is 9.47 Å². The summed E-state index contributed by atoms with van der Waals surface area (Å²) in [4.78, 5) is 22.0. The van der Waals surface area contributed by atoms with E-state index in [0.29, 0.717) is 24.7 Å². The number of carbonyl (C=O) groups is 1. The normalized spacial score (nSPS) is 14.3. The minimum atomic E-state index is -0.658. The van der Waals surface area contributed by atoms with E-state index in [-0.39, 0.29) is 23.0 Å². The molecule has 0 atom stereocenters. The van der Waals surface area contributed by atoms with Gasteiger partial charge in [0.25, 0.3) is 5.69 Å². The summed E-state index contributed by atoms with van der Waals surface area (Å²) >= 11 is 0. The van der Waals surface area contributed by atoms with E-state index in [1.54, 1.807) is 24.3 Å². The Labute approximate surface area is 167 Å². The first-order valence-electron chi connectivity index (χ1n) is 9.30. The Balaban J connectivity index is 1.55. The lowest BCUT2D eigenvalue weighted by Gasteiger charge is -2.22. The van der Waals surface area contributed by atoms with Crippen molar-refractivity contribution in [1.29, 1.82) is 0 Å². The molecule has 2 aromatic rings. The highest BCUT2D eigenvalue weighted by atomic mass is 16.6. The number of nitrogens with zero attached hydrogens (tertiary/aromatic N) is 1. The van der Waals surface area contributed by atoms with Crippen LogP contribution >= 0.6 is 0 Å². The number of carbonyl (C=O) groups excluding carboxylic acids is 1. The molecule has 0 bridgehead atoms. The summed E-state index contributed by atoms with van der Waals surface area (Å²) in [5.74, 6) is 0.00109. The van der Waals surface area contributed by atoms with Gasteiger partial charge in [0.2, 0.25) is 5.91 Å². The largest absolute Gasteiger partial charge is 0.491 e. The second-order valence-electron chi connectivity index (χ2n) is 6.53. The number of primary amides is 1. The Morgan fingerprint density at radius 1 is 1.17 bits per heavy atom. The van der Waals surface area contributed by atoms with Gasteiger partial charge in [0.15, 0.2) is 0 Å². The molecule has 1 saturated heterocycles. The van der Waals surface area contributed by atoms with Gasteiger partial charge in [0.1, 0.15) is 18.0 Å². The number of nitrogens with one attached hydrogen (secondary N) is 1. The van der Waals surface area contributed by atoms with Crippen LogP contribution in [0.2, 0.25) is 0 Å². The van der Waals surface area contributed by atoms with Crippen LogP contribution in [0.1, 0.15) is 23.2 Å². The van der Waals surface area contributed by atoms with Crippen LogP contribution in [0.15, 0.2) is 42.5 Å². The van der Waals surface area contributed by atoms with Crippen LogP contribution in [0.5, 0.6) is 5.75 Å². The second kappa shape index (κ2) is 9.85. The van der Waals surface area contributed by atoms with E-state index in [0.717, 1.165) is 26.1 Å². The summed E-state index contributed by atoms with van der Waals surface area (Å²) in [5.41, 5.74) is 6.09. The molecule has 0 saturated carbocycles. The molecular weight excluding hydrogens is 378 g/mol. The van der Waals surface area contributed by atoms with E-state index in [2.05, 4.69) is 5.32 Å². The number of hydrogen-bond donors (Lipinski definition) is 2. The third kappa shape index (κ3) is 5.90. The molecule has 0 spiro atoms. The molecular formula is C20H23N3O6. The van der Waals surface area contributed by atoms with Gasteiger partial charge in [-0.3, -0.25) is 14.9 Å². The van der Waals surface area contributed by atoms with Crippen LogP contribution in [0, 0.1) is 10.1 Å². The quantitative estimate of drug-likeness (QED) is 0.376. The molecule has 9 heteroatoms. The van der Waals surface area contributed by atoms with Crippen molar-refractivity contribution in [2.24, 2.45) is 5.73 Å². The fourth-order valence-electron chi connectivity index (χ4n) is 2.96. The van der Waals surface area contributed by atoms with Crippen LogP contribution < -0.4 is 15.8 Å². The summed E-state index contributed by atoms with van der Waals surface area (Å²) in [6.07, 6.45) is 2.04. The number of nitro benzene ring substituents is 1. The van der Waals surface area contributed by atoms with Gasteiger partial charge in [-0.25, -0.2) is 0 Å². The average Bonchev–Trinajstić information content (AvgIpc) is 2.73. The van der Waals surface area contributed by atoms with Gasteiger partial charge in [-0.2, -0.15) is 0 Å².